The predicted molar refractivity (Wildman–Crippen MR) is 83.8 cm³/mol. The van der Waals surface area contributed by atoms with E-state index in [1.165, 1.54) is 12.1 Å². The van der Waals surface area contributed by atoms with Gasteiger partial charge in [0.1, 0.15) is 5.82 Å². The van der Waals surface area contributed by atoms with Crippen LogP contribution in [-0.4, -0.2) is 35.3 Å². The molecule has 7 nitrogen and oxygen atoms in total. The van der Waals surface area contributed by atoms with Crippen LogP contribution in [0.15, 0.2) is 23.1 Å². The van der Waals surface area contributed by atoms with Gasteiger partial charge in [0.05, 0.1) is 11.4 Å². The van der Waals surface area contributed by atoms with E-state index < -0.39 is 9.84 Å². The van der Waals surface area contributed by atoms with E-state index in [0.29, 0.717) is 5.56 Å². The zero-order chi connectivity index (χ0) is 16.6. The standard InChI is InChI=1S/C15H18N4O3S/c1-10-5-6-11(23(2,21)22)8-12(10)15(20)16-9-14-18-17-13-4-3-7-19(13)14/h5-6,8H,3-4,7,9H2,1-2H3,(H,16,20). The molecule has 1 amide bonds. The number of hydrogen-bond acceptors (Lipinski definition) is 5. The van der Waals surface area contributed by atoms with Crippen molar-refractivity contribution in [1.82, 2.24) is 20.1 Å². The van der Waals surface area contributed by atoms with Gasteiger partial charge in [0, 0.05) is 24.8 Å². The number of benzene rings is 1. The third-order valence-corrected chi connectivity index (χ3v) is 5.09. The number of carbonyl (C=O) groups excluding carboxylic acids is 1. The molecule has 0 bridgehead atoms. The first-order valence-electron chi connectivity index (χ1n) is 7.36. The summed E-state index contributed by atoms with van der Waals surface area (Å²) >= 11 is 0. The van der Waals surface area contributed by atoms with Crippen molar-refractivity contribution in [3.05, 3.63) is 41.0 Å². The van der Waals surface area contributed by atoms with E-state index in [0.717, 1.165) is 42.9 Å². The lowest BCUT2D eigenvalue weighted by Gasteiger charge is -2.09. The summed E-state index contributed by atoms with van der Waals surface area (Å²) in [5.74, 6) is 1.36. The zero-order valence-electron chi connectivity index (χ0n) is 13.0. The average Bonchev–Trinajstić information content (AvgIpc) is 3.07. The number of nitrogens with zero attached hydrogens (tertiary/aromatic N) is 3. The molecule has 8 heteroatoms. The highest BCUT2D eigenvalue weighted by Gasteiger charge is 2.19. The number of nitrogens with one attached hydrogen (secondary N) is 1. The van der Waals surface area contributed by atoms with Crippen molar-refractivity contribution in [3.8, 4) is 0 Å². The van der Waals surface area contributed by atoms with Crippen LogP contribution in [0.1, 0.15) is 34.0 Å². The van der Waals surface area contributed by atoms with Crippen molar-refractivity contribution in [2.45, 2.75) is 37.8 Å². The molecule has 3 rings (SSSR count). The first-order valence-corrected chi connectivity index (χ1v) is 9.25. The zero-order valence-corrected chi connectivity index (χ0v) is 13.9. The lowest BCUT2D eigenvalue weighted by molar-refractivity contribution is 0.0948. The van der Waals surface area contributed by atoms with Gasteiger partial charge in [-0.15, -0.1) is 10.2 Å². The van der Waals surface area contributed by atoms with E-state index in [2.05, 4.69) is 15.5 Å². The number of fused-ring (bicyclic) bond motifs is 1. The summed E-state index contributed by atoms with van der Waals surface area (Å²) in [6.07, 6.45) is 3.08. The highest BCUT2D eigenvalue weighted by molar-refractivity contribution is 7.90. The van der Waals surface area contributed by atoms with Crippen LogP contribution in [0.4, 0.5) is 0 Å². The monoisotopic (exact) mass is 334 g/mol. The van der Waals surface area contributed by atoms with E-state index >= 15 is 0 Å². The average molecular weight is 334 g/mol. The van der Waals surface area contributed by atoms with Crippen molar-refractivity contribution in [2.75, 3.05) is 6.26 Å². The fourth-order valence-electron chi connectivity index (χ4n) is 2.67. The van der Waals surface area contributed by atoms with Gasteiger partial charge in [-0.25, -0.2) is 8.42 Å². The molecule has 0 atom stereocenters. The second-order valence-electron chi connectivity index (χ2n) is 5.72. The number of aromatic nitrogens is 3. The van der Waals surface area contributed by atoms with Gasteiger partial charge in [0.2, 0.25) is 0 Å². The number of amides is 1. The first kappa shape index (κ1) is 15.7. The van der Waals surface area contributed by atoms with Crippen molar-refractivity contribution in [3.63, 3.8) is 0 Å². The van der Waals surface area contributed by atoms with Crippen LogP contribution in [-0.2, 0) is 29.3 Å². The topological polar surface area (TPSA) is 93.9 Å². The van der Waals surface area contributed by atoms with Crippen LogP contribution < -0.4 is 5.32 Å². The van der Waals surface area contributed by atoms with E-state index in [-0.39, 0.29) is 17.3 Å². The van der Waals surface area contributed by atoms with Gasteiger partial charge in [0.15, 0.2) is 15.7 Å². The maximum Gasteiger partial charge on any atom is 0.251 e. The highest BCUT2D eigenvalue weighted by atomic mass is 32.2. The van der Waals surface area contributed by atoms with E-state index in [1.807, 2.05) is 4.57 Å². The van der Waals surface area contributed by atoms with Crippen molar-refractivity contribution >= 4 is 15.7 Å². The van der Waals surface area contributed by atoms with Crippen LogP contribution in [0.2, 0.25) is 0 Å². The molecule has 122 valence electrons. The number of sulfone groups is 1. The summed E-state index contributed by atoms with van der Waals surface area (Å²) in [6.45, 7) is 2.92. The molecule has 1 N–H and O–H groups in total. The second kappa shape index (κ2) is 5.77. The summed E-state index contributed by atoms with van der Waals surface area (Å²) in [7, 11) is -3.35. The molecule has 0 radical (unpaired) electrons. The fraction of sp³-hybridized carbons (Fsp3) is 0.400. The number of hydrogen-bond donors (Lipinski definition) is 1. The molecule has 0 aliphatic carbocycles. The van der Waals surface area contributed by atoms with Gasteiger partial charge in [-0.1, -0.05) is 6.07 Å². The summed E-state index contributed by atoms with van der Waals surface area (Å²) in [5.41, 5.74) is 1.08. The van der Waals surface area contributed by atoms with Crippen LogP contribution >= 0.6 is 0 Å². The van der Waals surface area contributed by atoms with Gasteiger partial charge < -0.3 is 9.88 Å². The Hall–Kier alpha value is -2.22. The molecular weight excluding hydrogens is 316 g/mol. The maximum absolute atomic E-state index is 12.4. The Morgan fingerprint density at radius 3 is 2.87 bits per heavy atom. The molecular formula is C15H18N4O3S. The van der Waals surface area contributed by atoms with E-state index in [9.17, 15) is 13.2 Å². The van der Waals surface area contributed by atoms with E-state index in [1.54, 1.807) is 13.0 Å². The Morgan fingerprint density at radius 2 is 2.13 bits per heavy atom. The van der Waals surface area contributed by atoms with Gasteiger partial charge in [-0.2, -0.15) is 0 Å². The quantitative estimate of drug-likeness (QED) is 0.895. The maximum atomic E-state index is 12.4. The molecule has 1 aliphatic heterocycles. The number of rotatable bonds is 4. The molecule has 0 fully saturated rings. The number of aryl methyl sites for hydroxylation is 2. The minimum Gasteiger partial charge on any atom is -0.345 e. The SMILES string of the molecule is Cc1ccc(S(C)(=O)=O)cc1C(=O)NCc1nnc2n1CCC2. The molecule has 23 heavy (non-hydrogen) atoms. The third kappa shape index (κ3) is 3.12. The largest absolute Gasteiger partial charge is 0.345 e. The molecule has 0 unspecified atom stereocenters. The summed E-state index contributed by atoms with van der Waals surface area (Å²) in [5, 5.41) is 11.0. The van der Waals surface area contributed by atoms with Gasteiger partial charge in [0.25, 0.3) is 5.91 Å². The first-order chi connectivity index (χ1) is 10.9. The lowest BCUT2D eigenvalue weighted by atomic mass is 10.1. The van der Waals surface area contributed by atoms with Crippen LogP contribution in [0.5, 0.6) is 0 Å². The van der Waals surface area contributed by atoms with Crippen molar-refractivity contribution in [1.29, 1.82) is 0 Å². The minimum atomic E-state index is -3.35. The van der Waals surface area contributed by atoms with Gasteiger partial charge >= 0.3 is 0 Å². The molecule has 1 aromatic heterocycles. The van der Waals surface area contributed by atoms with Crippen LogP contribution in [0, 0.1) is 6.92 Å². The van der Waals surface area contributed by atoms with Crippen LogP contribution in [0.25, 0.3) is 0 Å². The smallest absolute Gasteiger partial charge is 0.251 e. The van der Waals surface area contributed by atoms with Crippen LogP contribution in [0.3, 0.4) is 0 Å². The Labute approximate surface area is 134 Å². The molecule has 2 heterocycles. The second-order valence-corrected chi connectivity index (χ2v) is 7.73. The molecule has 0 spiro atoms. The number of carbonyl (C=O) groups is 1. The molecule has 1 aromatic carbocycles. The lowest BCUT2D eigenvalue weighted by Crippen LogP contribution is -2.25. The molecule has 0 saturated heterocycles. The van der Waals surface area contributed by atoms with E-state index in [4.69, 9.17) is 0 Å². The van der Waals surface area contributed by atoms with Crippen molar-refractivity contribution in [2.24, 2.45) is 0 Å². The molecule has 1 aliphatic rings. The molecule has 2 aromatic rings. The summed E-state index contributed by atoms with van der Waals surface area (Å²) in [4.78, 5) is 12.5. The summed E-state index contributed by atoms with van der Waals surface area (Å²) in [6, 6.07) is 4.56. The van der Waals surface area contributed by atoms with Gasteiger partial charge in [-0.3, -0.25) is 4.79 Å². The third-order valence-electron chi connectivity index (χ3n) is 3.97. The fourth-order valence-corrected chi connectivity index (χ4v) is 3.32. The molecule has 0 saturated carbocycles. The Morgan fingerprint density at radius 1 is 1.35 bits per heavy atom. The predicted octanol–water partition coefficient (Wildman–Crippen LogP) is 0.866. The Kier molecular flexibility index (Phi) is 3.93. The Balaban J connectivity index is 1.78. The normalized spacial score (nSPS) is 13.8. The summed E-state index contributed by atoms with van der Waals surface area (Å²) < 4.78 is 25.3. The minimum absolute atomic E-state index is 0.136. The van der Waals surface area contributed by atoms with Crippen molar-refractivity contribution < 1.29 is 13.2 Å². The Bertz CT molecular complexity index is 871. The van der Waals surface area contributed by atoms with Gasteiger partial charge in [-0.05, 0) is 31.0 Å². The highest BCUT2D eigenvalue weighted by Crippen LogP contribution is 2.17.